The van der Waals surface area contributed by atoms with Crippen molar-refractivity contribution in [2.24, 2.45) is 5.92 Å². The Morgan fingerprint density at radius 2 is 1.90 bits per heavy atom. The van der Waals surface area contributed by atoms with Gasteiger partial charge in [-0.1, -0.05) is 12.0 Å². The number of benzene rings is 2. The topological polar surface area (TPSA) is 73.2 Å². The Balaban J connectivity index is 1.23. The first-order valence-corrected chi connectivity index (χ1v) is 14.5. The van der Waals surface area contributed by atoms with Crippen LogP contribution in [-0.2, 0) is 22.8 Å². The van der Waals surface area contributed by atoms with Crippen molar-refractivity contribution < 1.29 is 32.9 Å². The van der Waals surface area contributed by atoms with Crippen LogP contribution in [0.2, 0.25) is 0 Å². The molecule has 6 nitrogen and oxygen atoms in total. The Hall–Kier alpha value is -3.22. The van der Waals surface area contributed by atoms with Crippen molar-refractivity contribution in [3.8, 4) is 23.3 Å². The van der Waals surface area contributed by atoms with Gasteiger partial charge in [0.2, 0.25) is 0 Å². The van der Waals surface area contributed by atoms with Gasteiger partial charge in [-0.3, -0.25) is 9.69 Å². The number of alkyl halides is 3. The highest BCUT2D eigenvalue weighted by Crippen LogP contribution is 2.65. The lowest BCUT2D eigenvalue weighted by Gasteiger charge is -2.61. The van der Waals surface area contributed by atoms with E-state index in [9.17, 15) is 28.2 Å². The molecule has 0 radical (unpaired) electrons. The van der Waals surface area contributed by atoms with E-state index in [1.165, 1.54) is 25.0 Å². The molecule has 5 atom stereocenters. The molecule has 3 unspecified atom stereocenters. The number of hydrogen-bond acceptors (Lipinski definition) is 5. The minimum atomic E-state index is -4.44. The fourth-order valence-electron chi connectivity index (χ4n) is 8.17. The quantitative estimate of drug-likeness (QED) is 0.544. The maximum absolute atomic E-state index is 13.4. The second-order valence-electron chi connectivity index (χ2n) is 12.5. The molecule has 7 rings (SSSR count). The summed E-state index contributed by atoms with van der Waals surface area (Å²) in [5.41, 5.74) is -0.308. The van der Waals surface area contributed by atoms with E-state index in [0.717, 1.165) is 36.3 Å². The number of nitrogens with zero attached hydrogens (tertiary/aromatic N) is 2. The van der Waals surface area contributed by atoms with Crippen LogP contribution in [-0.4, -0.2) is 69.8 Å². The van der Waals surface area contributed by atoms with Crippen LogP contribution in [0.4, 0.5) is 13.2 Å². The van der Waals surface area contributed by atoms with Gasteiger partial charge >= 0.3 is 6.18 Å². The van der Waals surface area contributed by atoms with Gasteiger partial charge in [0.1, 0.15) is 6.10 Å². The molecule has 2 N–H and O–H groups in total. The van der Waals surface area contributed by atoms with Crippen molar-refractivity contribution in [3.05, 3.63) is 58.7 Å². The maximum atomic E-state index is 13.4. The molecule has 1 saturated heterocycles. The third kappa shape index (κ3) is 3.98. The van der Waals surface area contributed by atoms with E-state index in [2.05, 4.69) is 16.7 Å². The summed E-state index contributed by atoms with van der Waals surface area (Å²) in [6.07, 6.45) is 0.682. The number of amides is 1. The number of phenols is 1. The van der Waals surface area contributed by atoms with Crippen LogP contribution < -0.4 is 4.74 Å². The van der Waals surface area contributed by atoms with E-state index in [0.29, 0.717) is 49.3 Å². The lowest BCUT2D eigenvalue weighted by Crippen LogP contribution is -2.75. The van der Waals surface area contributed by atoms with Gasteiger partial charge in [-0.2, -0.15) is 13.2 Å². The highest BCUT2D eigenvalue weighted by Gasteiger charge is 2.72. The van der Waals surface area contributed by atoms with Crippen LogP contribution in [0, 0.1) is 17.8 Å². The Morgan fingerprint density at radius 1 is 1.15 bits per heavy atom. The minimum absolute atomic E-state index is 0.0437. The molecular weight excluding hydrogens is 533 g/mol. The molecule has 3 aliphatic carbocycles. The summed E-state index contributed by atoms with van der Waals surface area (Å²) in [6.45, 7) is 1.80. The summed E-state index contributed by atoms with van der Waals surface area (Å²) in [5, 5.41) is 23.6. The highest BCUT2D eigenvalue weighted by molar-refractivity contribution is 5.94. The third-order valence-corrected chi connectivity index (χ3v) is 10.3. The number of ether oxygens (including phenoxy) is 1. The Labute approximate surface area is 237 Å². The molecule has 1 spiro atoms. The number of hydrogen-bond donors (Lipinski definition) is 2. The predicted molar refractivity (Wildman–Crippen MR) is 144 cm³/mol. The summed E-state index contributed by atoms with van der Waals surface area (Å²) < 4.78 is 45.3. The zero-order valence-corrected chi connectivity index (χ0v) is 22.9. The van der Waals surface area contributed by atoms with Gasteiger partial charge in [-0.25, -0.2) is 0 Å². The second kappa shape index (κ2) is 9.14. The third-order valence-electron chi connectivity index (χ3n) is 10.3. The molecule has 2 aromatic carbocycles. The standard InChI is InChI=1S/C32H33F3N2O4/c1-36(26(39)13-8-19-6-10-22(11-7-19)32(33,34)35)23-3-2-14-31(40)25-17-21-9-12-24(38)28-27(21)30(31,29(23)41-28)15-16-37(25)18-20-4-5-20/h6-7,9-12,20,23,25,29,38,40H,2-5,14-18H2,1H3/t23?,25-,29?,30-,31?/m0/s1. The van der Waals surface area contributed by atoms with Crippen LogP contribution >= 0.6 is 0 Å². The van der Waals surface area contributed by atoms with Gasteiger partial charge in [0.15, 0.2) is 11.5 Å². The van der Waals surface area contributed by atoms with Crippen molar-refractivity contribution in [2.45, 2.75) is 80.3 Å². The fourth-order valence-corrected chi connectivity index (χ4v) is 8.17. The average Bonchev–Trinajstić information content (AvgIpc) is 3.70. The number of likely N-dealkylation sites (tertiary alicyclic amines) is 1. The predicted octanol–water partition coefficient (Wildman–Crippen LogP) is 4.24. The van der Waals surface area contributed by atoms with Gasteiger partial charge in [0.05, 0.1) is 22.6 Å². The van der Waals surface area contributed by atoms with Crippen LogP contribution in [0.3, 0.4) is 0 Å². The number of rotatable bonds is 3. The van der Waals surface area contributed by atoms with Gasteiger partial charge < -0.3 is 19.8 Å². The number of piperidine rings is 1. The molecule has 2 saturated carbocycles. The van der Waals surface area contributed by atoms with E-state index in [-0.39, 0.29) is 11.8 Å². The molecular formula is C32H33F3N2O4. The summed E-state index contributed by atoms with van der Waals surface area (Å²) in [5.74, 6) is 5.99. The second-order valence-corrected chi connectivity index (χ2v) is 12.5. The molecule has 2 aliphatic heterocycles. The first-order chi connectivity index (χ1) is 19.5. The number of likely N-dealkylation sites (N-methyl/N-ethyl adjacent to an activating group) is 1. The van der Waals surface area contributed by atoms with Crippen LogP contribution in [0.15, 0.2) is 36.4 Å². The van der Waals surface area contributed by atoms with Gasteiger partial charge in [-0.15, -0.1) is 0 Å². The Kier molecular flexibility index (Phi) is 5.94. The molecule has 1 amide bonds. The molecule has 3 fully saturated rings. The molecule has 9 heteroatoms. The Morgan fingerprint density at radius 3 is 2.61 bits per heavy atom. The number of carbonyl (C=O) groups excluding carboxylic acids is 1. The normalized spacial score (nSPS) is 31.8. The number of carbonyl (C=O) groups is 1. The first-order valence-electron chi connectivity index (χ1n) is 14.5. The zero-order valence-electron chi connectivity index (χ0n) is 22.9. The lowest BCUT2D eigenvalue weighted by molar-refractivity contribution is -0.171. The number of aliphatic hydroxyl groups is 1. The molecule has 41 heavy (non-hydrogen) atoms. The summed E-state index contributed by atoms with van der Waals surface area (Å²) in [6, 6.07) is 7.56. The van der Waals surface area contributed by atoms with Crippen LogP contribution in [0.25, 0.3) is 0 Å². The molecule has 2 heterocycles. The van der Waals surface area contributed by atoms with E-state index in [1.54, 1.807) is 18.0 Å². The SMILES string of the molecule is CN(C(=O)C#Cc1ccc(C(F)(F)F)cc1)C1CCCC2(O)[C@@H]3Cc4ccc(O)c5c4[C@@]2(CCN3CC2CC2)C1O5. The molecule has 2 bridgehead atoms. The lowest BCUT2D eigenvalue weighted by atomic mass is 9.52. The molecule has 216 valence electrons. The smallest absolute Gasteiger partial charge is 0.416 e. The van der Waals surface area contributed by atoms with Gasteiger partial charge in [0, 0.05) is 36.7 Å². The zero-order chi connectivity index (χ0) is 28.7. The van der Waals surface area contributed by atoms with Crippen molar-refractivity contribution in [1.82, 2.24) is 9.80 Å². The summed E-state index contributed by atoms with van der Waals surface area (Å²) in [7, 11) is 1.67. The highest BCUT2D eigenvalue weighted by atomic mass is 19.4. The largest absolute Gasteiger partial charge is 0.504 e. The molecule has 0 aromatic heterocycles. The number of phenolic OH excluding ortho intramolecular Hbond substituents is 1. The first kappa shape index (κ1) is 26.7. The van der Waals surface area contributed by atoms with Crippen molar-refractivity contribution >= 4 is 5.91 Å². The number of aromatic hydroxyl groups is 1. The van der Waals surface area contributed by atoms with E-state index in [1.807, 2.05) is 6.07 Å². The maximum Gasteiger partial charge on any atom is 0.416 e. The minimum Gasteiger partial charge on any atom is -0.504 e. The average molecular weight is 567 g/mol. The summed E-state index contributed by atoms with van der Waals surface area (Å²) in [4.78, 5) is 17.4. The Bertz CT molecular complexity index is 1460. The van der Waals surface area contributed by atoms with Crippen molar-refractivity contribution in [2.75, 3.05) is 20.1 Å². The van der Waals surface area contributed by atoms with Crippen LogP contribution in [0.5, 0.6) is 11.5 Å². The van der Waals surface area contributed by atoms with Crippen molar-refractivity contribution in [3.63, 3.8) is 0 Å². The van der Waals surface area contributed by atoms with Crippen molar-refractivity contribution in [1.29, 1.82) is 0 Å². The summed E-state index contributed by atoms with van der Waals surface area (Å²) >= 11 is 0. The van der Waals surface area contributed by atoms with Gasteiger partial charge in [-0.05, 0) is 93.3 Å². The van der Waals surface area contributed by atoms with E-state index >= 15 is 0 Å². The molecule has 5 aliphatic rings. The van der Waals surface area contributed by atoms with Gasteiger partial charge in [0.25, 0.3) is 5.91 Å². The molecule has 2 aromatic rings. The monoisotopic (exact) mass is 566 g/mol. The van der Waals surface area contributed by atoms with E-state index < -0.39 is 40.8 Å². The fraction of sp³-hybridized carbons (Fsp3) is 0.531. The number of halogens is 3. The van der Waals surface area contributed by atoms with E-state index in [4.69, 9.17) is 4.74 Å². The van der Waals surface area contributed by atoms with Crippen LogP contribution in [0.1, 0.15) is 60.8 Å².